The molecule has 3 aliphatic rings. The Hall–Kier alpha value is -1.89. The lowest BCUT2D eigenvalue weighted by Gasteiger charge is -2.41. The maximum Gasteiger partial charge on any atom is 0.259 e. The molecule has 25 heavy (non-hydrogen) atoms. The van der Waals surface area contributed by atoms with E-state index in [-0.39, 0.29) is 23.9 Å². The first kappa shape index (κ1) is 16.6. The molecule has 0 saturated carbocycles. The van der Waals surface area contributed by atoms with Crippen molar-refractivity contribution in [1.29, 1.82) is 0 Å². The maximum absolute atomic E-state index is 12.9. The normalized spacial score (nSPS) is 27.6. The number of carbonyl (C=O) groups is 2. The van der Waals surface area contributed by atoms with Gasteiger partial charge in [0.15, 0.2) is 0 Å². The second-order valence-corrected chi connectivity index (χ2v) is 7.36. The van der Waals surface area contributed by atoms with Crippen LogP contribution >= 0.6 is 0 Å². The van der Waals surface area contributed by atoms with E-state index in [0.717, 1.165) is 45.4 Å². The van der Waals surface area contributed by atoms with E-state index >= 15 is 0 Å². The van der Waals surface area contributed by atoms with Gasteiger partial charge in [0.05, 0.1) is 18.3 Å². The fourth-order valence-corrected chi connectivity index (χ4v) is 4.50. The van der Waals surface area contributed by atoms with Gasteiger partial charge in [-0.15, -0.1) is 0 Å². The molecule has 3 fully saturated rings. The summed E-state index contributed by atoms with van der Waals surface area (Å²) < 4.78 is 10.5. The van der Waals surface area contributed by atoms with Crippen molar-refractivity contribution in [2.24, 2.45) is 5.92 Å². The molecular formula is C18H25N3O4. The highest BCUT2D eigenvalue weighted by atomic mass is 16.5. The van der Waals surface area contributed by atoms with Gasteiger partial charge in [0, 0.05) is 32.7 Å². The molecule has 136 valence electrons. The summed E-state index contributed by atoms with van der Waals surface area (Å²) in [6.07, 6.45) is 5.67. The van der Waals surface area contributed by atoms with Crippen LogP contribution in [0.3, 0.4) is 0 Å². The average Bonchev–Trinajstić information content (AvgIpc) is 3.24. The van der Waals surface area contributed by atoms with Crippen molar-refractivity contribution in [3.8, 4) is 0 Å². The highest BCUT2D eigenvalue weighted by Crippen LogP contribution is 2.34. The molecule has 4 rings (SSSR count). The zero-order valence-corrected chi connectivity index (χ0v) is 14.6. The molecule has 0 spiro atoms. The molecule has 0 radical (unpaired) electrons. The minimum absolute atomic E-state index is 0.0217. The van der Waals surface area contributed by atoms with E-state index in [4.69, 9.17) is 9.26 Å². The highest BCUT2D eigenvalue weighted by molar-refractivity contribution is 5.95. The number of fused-ring (bicyclic) bond motifs is 1. The number of aromatic nitrogens is 1. The Labute approximate surface area is 147 Å². The van der Waals surface area contributed by atoms with Crippen LogP contribution in [0.25, 0.3) is 0 Å². The van der Waals surface area contributed by atoms with Gasteiger partial charge in [-0.25, -0.2) is 0 Å². The van der Waals surface area contributed by atoms with Crippen molar-refractivity contribution in [3.05, 3.63) is 17.5 Å². The molecule has 2 amide bonds. The second kappa shape index (κ2) is 6.78. The van der Waals surface area contributed by atoms with E-state index in [1.54, 1.807) is 6.92 Å². The van der Waals surface area contributed by atoms with Gasteiger partial charge in [0.25, 0.3) is 5.91 Å². The number of piperidine rings is 1. The third kappa shape index (κ3) is 3.05. The number of ether oxygens (including phenoxy) is 1. The number of amides is 2. The monoisotopic (exact) mass is 347 g/mol. The van der Waals surface area contributed by atoms with Gasteiger partial charge in [-0.3, -0.25) is 9.59 Å². The summed E-state index contributed by atoms with van der Waals surface area (Å²) in [5.74, 6) is 1.29. The molecule has 0 bridgehead atoms. The molecule has 7 heteroatoms. The number of hydrogen-bond donors (Lipinski definition) is 0. The average molecular weight is 347 g/mol. The summed E-state index contributed by atoms with van der Waals surface area (Å²) >= 11 is 0. The standard InChI is InChI=1S/C18H25N3O4/c1-12-14(10-19-25-12)18(23)20-7-4-16-15(20)2-3-17(22)21(16)11-13-5-8-24-9-6-13/h10,13,15-16H,2-9,11H2,1H3/t15-,16-/m0/s1. The molecule has 0 aromatic carbocycles. The quantitative estimate of drug-likeness (QED) is 0.830. The van der Waals surface area contributed by atoms with E-state index in [1.165, 1.54) is 6.20 Å². The Morgan fingerprint density at radius 2 is 2.04 bits per heavy atom. The van der Waals surface area contributed by atoms with Crippen molar-refractivity contribution in [2.75, 3.05) is 26.3 Å². The van der Waals surface area contributed by atoms with Crippen molar-refractivity contribution >= 4 is 11.8 Å². The summed E-state index contributed by atoms with van der Waals surface area (Å²) in [5, 5.41) is 3.72. The van der Waals surface area contributed by atoms with Crippen LogP contribution < -0.4 is 0 Å². The van der Waals surface area contributed by atoms with Crippen LogP contribution in [0.4, 0.5) is 0 Å². The first-order valence-corrected chi connectivity index (χ1v) is 9.24. The Morgan fingerprint density at radius 1 is 1.24 bits per heavy atom. The molecule has 0 N–H and O–H groups in total. The zero-order chi connectivity index (χ0) is 17.4. The molecule has 4 heterocycles. The summed E-state index contributed by atoms with van der Waals surface area (Å²) in [5.41, 5.74) is 0.536. The van der Waals surface area contributed by atoms with Gasteiger partial charge in [0.1, 0.15) is 11.3 Å². The number of nitrogens with zero attached hydrogens (tertiary/aromatic N) is 3. The summed E-state index contributed by atoms with van der Waals surface area (Å²) in [6, 6.07) is 0.257. The lowest BCUT2D eigenvalue weighted by Crippen LogP contribution is -2.54. The highest BCUT2D eigenvalue weighted by Gasteiger charge is 2.45. The number of aryl methyl sites for hydroxylation is 1. The van der Waals surface area contributed by atoms with Gasteiger partial charge in [0.2, 0.25) is 5.91 Å². The SMILES string of the molecule is Cc1oncc1C(=O)N1CC[C@H]2[C@@H]1CCC(=O)N2CC1CCOCC1. The first-order valence-electron chi connectivity index (χ1n) is 9.24. The number of rotatable bonds is 3. The van der Waals surface area contributed by atoms with Gasteiger partial charge < -0.3 is 19.1 Å². The molecule has 0 aliphatic carbocycles. The summed E-state index contributed by atoms with van der Waals surface area (Å²) in [6.45, 7) is 4.83. The first-order chi connectivity index (χ1) is 12.1. The summed E-state index contributed by atoms with van der Waals surface area (Å²) in [4.78, 5) is 29.4. The largest absolute Gasteiger partial charge is 0.381 e. The molecule has 3 aliphatic heterocycles. The molecule has 0 unspecified atom stereocenters. The molecule has 3 saturated heterocycles. The predicted octanol–water partition coefficient (Wildman–Crippen LogP) is 1.62. The van der Waals surface area contributed by atoms with Crippen molar-refractivity contribution in [1.82, 2.24) is 15.0 Å². The zero-order valence-electron chi connectivity index (χ0n) is 14.6. The second-order valence-electron chi connectivity index (χ2n) is 7.36. The van der Waals surface area contributed by atoms with Gasteiger partial charge in [-0.2, -0.15) is 0 Å². The van der Waals surface area contributed by atoms with E-state index in [2.05, 4.69) is 10.1 Å². The van der Waals surface area contributed by atoms with Gasteiger partial charge in [-0.05, 0) is 38.5 Å². The molecular weight excluding hydrogens is 322 g/mol. The predicted molar refractivity (Wildman–Crippen MR) is 89.0 cm³/mol. The molecule has 7 nitrogen and oxygen atoms in total. The third-order valence-electron chi connectivity index (χ3n) is 5.92. The molecule has 1 aromatic heterocycles. The minimum atomic E-state index is -0.0217. The van der Waals surface area contributed by atoms with Crippen LogP contribution in [0.2, 0.25) is 0 Å². The van der Waals surface area contributed by atoms with Crippen molar-refractivity contribution < 1.29 is 18.8 Å². The van der Waals surface area contributed by atoms with Crippen LogP contribution in [-0.4, -0.2) is 65.2 Å². The maximum atomic E-state index is 12.9. The van der Waals surface area contributed by atoms with Crippen LogP contribution in [0.5, 0.6) is 0 Å². The van der Waals surface area contributed by atoms with Crippen LogP contribution in [-0.2, 0) is 9.53 Å². The minimum Gasteiger partial charge on any atom is -0.381 e. The van der Waals surface area contributed by atoms with E-state index in [0.29, 0.717) is 30.2 Å². The van der Waals surface area contributed by atoms with E-state index in [1.807, 2.05) is 4.90 Å². The van der Waals surface area contributed by atoms with Crippen LogP contribution in [0.15, 0.2) is 10.7 Å². The van der Waals surface area contributed by atoms with Crippen LogP contribution in [0, 0.1) is 12.8 Å². The van der Waals surface area contributed by atoms with Gasteiger partial charge in [-0.1, -0.05) is 5.16 Å². The number of carbonyl (C=O) groups excluding carboxylic acids is 2. The molecule has 2 atom stereocenters. The number of likely N-dealkylation sites (tertiary alicyclic amines) is 2. The Kier molecular flexibility index (Phi) is 4.50. The van der Waals surface area contributed by atoms with E-state index < -0.39 is 0 Å². The Bertz CT molecular complexity index is 653. The third-order valence-corrected chi connectivity index (χ3v) is 5.92. The lowest BCUT2D eigenvalue weighted by molar-refractivity contribution is -0.138. The molecule has 1 aromatic rings. The van der Waals surface area contributed by atoms with E-state index in [9.17, 15) is 9.59 Å². The fourth-order valence-electron chi connectivity index (χ4n) is 4.50. The number of hydrogen-bond acceptors (Lipinski definition) is 5. The van der Waals surface area contributed by atoms with Gasteiger partial charge >= 0.3 is 0 Å². The topological polar surface area (TPSA) is 75.9 Å². The van der Waals surface area contributed by atoms with Crippen LogP contribution in [0.1, 0.15) is 48.2 Å². The van der Waals surface area contributed by atoms with Crippen molar-refractivity contribution in [3.63, 3.8) is 0 Å². The Morgan fingerprint density at radius 3 is 2.76 bits per heavy atom. The summed E-state index contributed by atoms with van der Waals surface area (Å²) in [7, 11) is 0. The Balaban J connectivity index is 1.48. The smallest absolute Gasteiger partial charge is 0.259 e. The lowest BCUT2D eigenvalue weighted by atomic mass is 9.92. The van der Waals surface area contributed by atoms with Crippen molar-refractivity contribution in [2.45, 2.75) is 51.1 Å². The fraction of sp³-hybridized carbons (Fsp3) is 0.722.